The van der Waals surface area contributed by atoms with Crippen molar-refractivity contribution in [2.75, 3.05) is 4.90 Å². The molecule has 1 nitrogen and oxygen atoms in total. The highest BCUT2D eigenvalue weighted by Gasteiger charge is 2.35. The summed E-state index contributed by atoms with van der Waals surface area (Å²) in [5.41, 5.74) is 8.92. The standard InChI is InChI=1S/C45H31NS/c1-45(2)39-17-9-7-15-34(39)38-27-32(21-24-40(38)45)46(31-20-19-28-11-3-4-12-29(28)25-31)41-26-30-13-5-6-14-33(30)43-37(41)23-22-36-35-16-8-10-18-42(35)47-44(36)43/h3-27H,1-2H3. The fraction of sp³-hybridized carbons (Fsp3) is 0.0667. The van der Waals surface area contributed by atoms with Crippen molar-refractivity contribution in [2.24, 2.45) is 0 Å². The number of rotatable bonds is 3. The van der Waals surface area contributed by atoms with Gasteiger partial charge in [-0.1, -0.05) is 129 Å². The minimum atomic E-state index is -0.0410. The molecule has 0 fully saturated rings. The summed E-state index contributed by atoms with van der Waals surface area (Å²) in [6.45, 7) is 4.71. The molecule has 47 heavy (non-hydrogen) atoms. The van der Waals surface area contributed by atoms with Gasteiger partial charge in [0.25, 0.3) is 0 Å². The van der Waals surface area contributed by atoms with Crippen molar-refractivity contribution in [3.05, 3.63) is 163 Å². The zero-order valence-electron chi connectivity index (χ0n) is 26.3. The van der Waals surface area contributed by atoms with Crippen molar-refractivity contribution in [1.82, 2.24) is 0 Å². The maximum atomic E-state index is 2.49. The number of nitrogens with zero attached hydrogens (tertiary/aromatic N) is 1. The second-order valence-corrected chi connectivity index (χ2v) is 14.4. The maximum Gasteiger partial charge on any atom is 0.0546 e. The molecule has 1 aliphatic carbocycles. The molecule has 0 radical (unpaired) electrons. The molecule has 0 saturated carbocycles. The molecule has 0 aliphatic heterocycles. The van der Waals surface area contributed by atoms with E-state index in [4.69, 9.17) is 0 Å². The third-order valence-electron chi connectivity index (χ3n) is 10.4. The summed E-state index contributed by atoms with van der Waals surface area (Å²) in [5.74, 6) is 0. The van der Waals surface area contributed by atoms with Gasteiger partial charge in [-0.15, -0.1) is 11.3 Å². The van der Waals surface area contributed by atoms with Crippen molar-refractivity contribution < 1.29 is 0 Å². The van der Waals surface area contributed by atoms with Crippen molar-refractivity contribution in [3.63, 3.8) is 0 Å². The van der Waals surface area contributed by atoms with Crippen LogP contribution in [0.4, 0.5) is 17.1 Å². The Hall–Kier alpha value is -5.44. The molecule has 8 aromatic carbocycles. The Kier molecular flexibility index (Phi) is 5.57. The monoisotopic (exact) mass is 617 g/mol. The number of hydrogen-bond acceptors (Lipinski definition) is 2. The highest BCUT2D eigenvalue weighted by Crippen LogP contribution is 2.52. The van der Waals surface area contributed by atoms with Crippen molar-refractivity contribution in [3.8, 4) is 11.1 Å². The van der Waals surface area contributed by atoms with Gasteiger partial charge in [0, 0.05) is 47.7 Å². The highest BCUT2D eigenvalue weighted by molar-refractivity contribution is 7.26. The average molecular weight is 618 g/mol. The molecule has 0 spiro atoms. The summed E-state index contributed by atoms with van der Waals surface area (Å²) in [6.07, 6.45) is 0. The summed E-state index contributed by atoms with van der Waals surface area (Å²) in [6, 6.07) is 56.4. The van der Waals surface area contributed by atoms with E-state index in [9.17, 15) is 0 Å². The molecular formula is C45H31NS. The zero-order chi connectivity index (χ0) is 31.3. The first-order chi connectivity index (χ1) is 23.1. The predicted octanol–water partition coefficient (Wildman–Crippen LogP) is 13.3. The van der Waals surface area contributed by atoms with Gasteiger partial charge in [-0.3, -0.25) is 0 Å². The van der Waals surface area contributed by atoms with Crippen LogP contribution in [-0.4, -0.2) is 0 Å². The van der Waals surface area contributed by atoms with E-state index < -0.39 is 0 Å². The molecule has 2 heteroatoms. The lowest BCUT2D eigenvalue weighted by atomic mass is 9.82. The Bertz CT molecular complexity index is 2730. The fourth-order valence-electron chi connectivity index (χ4n) is 8.12. The predicted molar refractivity (Wildman–Crippen MR) is 204 cm³/mol. The van der Waals surface area contributed by atoms with E-state index in [-0.39, 0.29) is 5.41 Å². The molecular weight excluding hydrogens is 587 g/mol. The number of benzene rings is 8. The van der Waals surface area contributed by atoms with Gasteiger partial charge in [-0.25, -0.2) is 0 Å². The molecule has 0 N–H and O–H groups in total. The fourth-order valence-corrected chi connectivity index (χ4v) is 9.39. The van der Waals surface area contributed by atoms with E-state index in [1.807, 2.05) is 11.3 Å². The summed E-state index contributed by atoms with van der Waals surface area (Å²) >= 11 is 1.91. The van der Waals surface area contributed by atoms with Crippen LogP contribution in [0.5, 0.6) is 0 Å². The summed E-state index contributed by atoms with van der Waals surface area (Å²) in [4.78, 5) is 2.49. The molecule has 222 valence electrons. The normalized spacial score (nSPS) is 13.5. The van der Waals surface area contributed by atoms with Gasteiger partial charge in [0.1, 0.15) is 0 Å². The van der Waals surface area contributed by atoms with E-state index in [0.29, 0.717) is 0 Å². The van der Waals surface area contributed by atoms with Crippen LogP contribution in [0, 0.1) is 0 Å². The first-order valence-electron chi connectivity index (χ1n) is 16.4. The van der Waals surface area contributed by atoms with Gasteiger partial charge in [0.2, 0.25) is 0 Å². The van der Waals surface area contributed by atoms with Crippen LogP contribution in [0.2, 0.25) is 0 Å². The van der Waals surface area contributed by atoms with Crippen LogP contribution in [-0.2, 0) is 5.41 Å². The molecule has 0 saturated heterocycles. The SMILES string of the molecule is CC1(C)c2ccccc2-c2cc(N(c3ccc4ccccc4c3)c3cc4ccccc4c4c3ccc3c5ccccc5sc34)ccc21. The average Bonchev–Trinajstić information content (AvgIpc) is 3.60. The first kappa shape index (κ1) is 26.7. The Labute approximate surface area is 278 Å². The van der Waals surface area contributed by atoms with Crippen LogP contribution in [0.3, 0.4) is 0 Å². The Balaban J connectivity index is 1.32. The number of anilines is 3. The van der Waals surface area contributed by atoms with E-state index in [2.05, 4.69) is 170 Å². The maximum absolute atomic E-state index is 2.49. The molecule has 1 aromatic heterocycles. The van der Waals surface area contributed by atoms with Crippen molar-refractivity contribution in [2.45, 2.75) is 19.3 Å². The van der Waals surface area contributed by atoms with Crippen LogP contribution >= 0.6 is 11.3 Å². The highest BCUT2D eigenvalue weighted by atomic mass is 32.1. The largest absolute Gasteiger partial charge is 0.310 e. The van der Waals surface area contributed by atoms with E-state index in [1.54, 1.807) is 0 Å². The van der Waals surface area contributed by atoms with Gasteiger partial charge >= 0.3 is 0 Å². The molecule has 0 amide bonds. The quantitative estimate of drug-likeness (QED) is 0.178. The topological polar surface area (TPSA) is 3.24 Å². The smallest absolute Gasteiger partial charge is 0.0546 e. The van der Waals surface area contributed by atoms with Gasteiger partial charge in [0.05, 0.1) is 5.69 Å². The Morgan fingerprint density at radius 1 is 0.468 bits per heavy atom. The van der Waals surface area contributed by atoms with Gasteiger partial charge in [-0.2, -0.15) is 0 Å². The van der Waals surface area contributed by atoms with Gasteiger partial charge in [0.15, 0.2) is 0 Å². The van der Waals surface area contributed by atoms with Crippen LogP contribution in [0.15, 0.2) is 152 Å². The Morgan fingerprint density at radius 2 is 1.13 bits per heavy atom. The van der Waals surface area contributed by atoms with Gasteiger partial charge < -0.3 is 4.90 Å². The lowest BCUT2D eigenvalue weighted by Crippen LogP contribution is -2.15. The Morgan fingerprint density at radius 3 is 2.02 bits per heavy atom. The molecule has 0 atom stereocenters. The molecule has 1 aliphatic rings. The number of hydrogen-bond donors (Lipinski definition) is 0. The zero-order valence-corrected chi connectivity index (χ0v) is 27.1. The third kappa shape index (κ3) is 3.83. The van der Waals surface area contributed by atoms with Crippen molar-refractivity contribution >= 4 is 80.9 Å². The van der Waals surface area contributed by atoms with E-state index in [1.165, 1.54) is 86.1 Å². The first-order valence-corrected chi connectivity index (χ1v) is 17.2. The number of fused-ring (bicyclic) bond motifs is 11. The molecule has 0 unspecified atom stereocenters. The molecule has 10 rings (SSSR count). The summed E-state index contributed by atoms with van der Waals surface area (Å²) in [5, 5.41) is 10.3. The van der Waals surface area contributed by atoms with E-state index in [0.717, 1.165) is 5.69 Å². The number of thiophene rings is 1. The lowest BCUT2D eigenvalue weighted by Gasteiger charge is -2.29. The summed E-state index contributed by atoms with van der Waals surface area (Å²) < 4.78 is 2.68. The molecule has 9 aromatic rings. The lowest BCUT2D eigenvalue weighted by molar-refractivity contribution is 0.660. The van der Waals surface area contributed by atoms with Crippen LogP contribution < -0.4 is 4.90 Å². The van der Waals surface area contributed by atoms with Crippen LogP contribution in [0.1, 0.15) is 25.0 Å². The summed E-state index contributed by atoms with van der Waals surface area (Å²) in [7, 11) is 0. The minimum Gasteiger partial charge on any atom is -0.310 e. The second kappa shape index (κ2) is 9.78. The van der Waals surface area contributed by atoms with E-state index >= 15 is 0 Å². The molecule has 0 bridgehead atoms. The third-order valence-corrected chi connectivity index (χ3v) is 11.6. The second-order valence-electron chi connectivity index (χ2n) is 13.3. The minimum absolute atomic E-state index is 0.0410. The van der Waals surface area contributed by atoms with Crippen LogP contribution in [0.25, 0.3) is 63.6 Å². The van der Waals surface area contributed by atoms with Crippen molar-refractivity contribution in [1.29, 1.82) is 0 Å². The molecule has 1 heterocycles. The van der Waals surface area contributed by atoms with Gasteiger partial charge in [-0.05, 0) is 80.2 Å².